The molecule has 4 heteroatoms. The molecule has 1 aliphatic rings. The number of piperazine rings is 1. The minimum atomic E-state index is 0.380. The maximum Gasteiger partial charge on any atom is 0.142 e. The molecule has 0 aliphatic carbocycles. The van der Waals surface area contributed by atoms with Gasteiger partial charge in [0.05, 0.1) is 7.05 Å². The Morgan fingerprint density at radius 1 is 0.926 bits per heavy atom. The van der Waals surface area contributed by atoms with Crippen LogP contribution in [0.1, 0.15) is 22.9 Å². The quantitative estimate of drug-likeness (QED) is 0.634. The maximum atomic E-state index is 3.63. The Labute approximate surface area is 162 Å². The molecular weight excluding hydrogens is 332 g/mol. The summed E-state index contributed by atoms with van der Waals surface area (Å²) in [6.07, 6.45) is 0. The largest absolute Gasteiger partial charge is 0.378 e. The van der Waals surface area contributed by atoms with Gasteiger partial charge in [-0.2, -0.15) is 0 Å². The van der Waals surface area contributed by atoms with E-state index in [4.69, 9.17) is 0 Å². The van der Waals surface area contributed by atoms with Gasteiger partial charge >= 0.3 is 0 Å². The number of nitrogens with zero attached hydrogens (tertiary/aromatic N) is 1. The summed E-state index contributed by atoms with van der Waals surface area (Å²) in [6.45, 7) is 7.14. The monoisotopic (exact) mass is 364 g/mol. The standard InChI is InChI=1S/C23H30N4/c1-17-22(20-7-5-6-8-21(20)24-17)23(27-15-13-26(4)14-16-27)18-9-11-19(12-10-18)25(2)3/h5-12,23-24H,13-16H2,1-4H3/p+2/t23-/m0/s1. The maximum absolute atomic E-state index is 3.63. The van der Waals surface area contributed by atoms with E-state index in [9.17, 15) is 0 Å². The molecule has 2 aromatic carbocycles. The van der Waals surface area contributed by atoms with Crippen LogP contribution in [0.4, 0.5) is 5.69 Å². The zero-order valence-electron chi connectivity index (χ0n) is 17.0. The summed E-state index contributed by atoms with van der Waals surface area (Å²) in [5.41, 5.74) is 6.70. The smallest absolute Gasteiger partial charge is 0.142 e. The number of fused-ring (bicyclic) bond motifs is 1. The normalized spacial score (nSPS) is 21.3. The molecule has 2 heterocycles. The predicted octanol–water partition coefficient (Wildman–Crippen LogP) is 1.04. The van der Waals surface area contributed by atoms with E-state index in [1.165, 1.54) is 59.6 Å². The van der Waals surface area contributed by atoms with E-state index in [2.05, 4.69) is 86.5 Å². The van der Waals surface area contributed by atoms with Gasteiger partial charge in [-0.1, -0.05) is 30.3 Å². The fourth-order valence-electron chi connectivity index (χ4n) is 4.53. The number of aromatic amines is 1. The number of para-hydroxylation sites is 1. The van der Waals surface area contributed by atoms with Crippen LogP contribution in [0.15, 0.2) is 48.5 Å². The number of nitrogens with one attached hydrogen (secondary N) is 3. The van der Waals surface area contributed by atoms with Crippen molar-refractivity contribution in [1.29, 1.82) is 0 Å². The van der Waals surface area contributed by atoms with Crippen LogP contribution in [0.3, 0.4) is 0 Å². The number of anilines is 1. The molecule has 3 N–H and O–H groups in total. The van der Waals surface area contributed by atoms with E-state index in [0.717, 1.165) is 0 Å². The molecule has 0 amide bonds. The van der Waals surface area contributed by atoms with Crippen LogP contribution in [0.5, 0.6) is 0 Å². The zero-order chi connectivity index (χ0) is 19.0. The van der Waals surface area contributed by atoms with Crippen LogP contribution in [-0.4, -0.2) is 52.3 Å². The molecule has 4 nitrogen and oxygen atoms in total. The lowest BCUT2D eigenvalue weighted by Crippen LogP contribution is -3.27. The lowest BCUT2D eigenvalue weighted by atomic mass is 9.93. The fourth-order valence-corrected chi connectivity index (χ4v) is 4.53. The molecule has 0 spiro atoms. The van der Waals surface area contributed by atoms with Gasteiger partial charge in [0.2, 0.25) is 0 Å². The third-order valence-corrected chi connectivity index (χ3v) is 6.13. The second-order valence-corrected chi connectivity index (χ2v) is 8.24. The minimum absolute atomic E-state index is 0.380. The highest BCUT2D eigenvalue weighted by atomic mass is 15.3. The van der Waals surface area contributed by atoms with Gasteiger partial charge in [-0.15, -0.1) is 0 Å². The van der Waals surface area contributed by atoms with Gasteiger partial charge in [-0.3, -0.25) is 0 Å². The first-order chi connectivity index (χ1) is 13.0. The van der Waals surface area contributed by atoms with E-state index >= 15 is 0 Å². The van der Waals surface area contributed by atoms with Crippen molar-refractivity contribution in [1.82, 2.24) is 4.98 Å². The number of H-pyrrole nitrogens is 1. The SMILES string of the molecule is Cc1[nH]c2ccccc2c1[C@H](c1ccc(N(C)C)cc1)[NH+]1CC[NH+](C)CC1. The highest BCUT2D eigenvalue weighted by molar-refractivity contribution is 5.85. The molecule has 1 atom stereocenters. The molecule has 1 aromatic heterocycles. The Morgan fingerprint density at radius 2 is 1.59 bits per heavy atom. The molecule has 27 heavy (non-hydrogen) atoms. The Kier molecular flexibility index (Phi) is 4.94. The number of hydrogen-bond donors (Lipinski definition) is 3. The van der Waals surface area contributed by atoms with Gasteiger partial charge in [0, 0.05) is 47.5 Å². The van der Waals surface area contributed by atoms with Gasteiger partial charge < -0.3 is 19.7 Å². The van der Waals surface area contributed by atoms with Crippen molar-refractivity contribution in [3.05, 3.63) is 65.4 Å². The van der Waals surface area contributed by atoms with Crippen molar-refractivity contribution >= 4 is 16.6 Å². The average Bonchev–Trinajstić information content (AvgIpc) is 3.00. The van der Waals surface area contributed by atoms with Gasteiger partial charge in [0.25, 0.3) is 0 Å². The van der Waals surface area contributed by atoms with E-state index in [1.54, 1.807) is 9.80 Å². The lowest BCUT2D eigenvalue weighted by molar-refractivity contribution is -1.02. The Bertz CT molecular complexity index is 902. The molecule has 142 valence electrons. The van der Waals surface area contributed by atoms with E-state index < -0.39 is 0 Å². The highest BCUT2D eigenvalue weighted by Crippen LogP contribution is 2.31. The summed E-state index contributed by atoms with van der Waals surface area (Å²) in [4.78, 5) is 9.13. The first-order valence-electron chi connectivity index (χ1n) is 10.0. The van der Waals surface area contributed by atoms with Crippen molar-refractivity contribution in [3.63, 3.8) is 0 Å². The van der Waals surface area contributed by atoms with Crippen LogP contribution in [-0.2, 0) is 0 Å². The van der Waals surface area contributed by atoms with Crippen molar-refractivity contribution < 1.29 is 9.80 Å². The molecule has 0 saturated carbocycles. The molecule has 4 rings (SSSR count). The second kappa shape index (κ2) is 7.37. The third kappa shape index (κ3) is 3.47. The average molecular weight is 365 g/mol. The number of likely N-dealkylation sites (N-methyl/N-ethyl adjacent to an activating group) is 1. The van der Waals surface area contributed by atoms with Crippen LogP contribution >= 0.6 is 0 Å². The van der Waals surface area contributed by atoms with Gasteiger partial charge in [-0.05, 0) is 25.1 Å². The molecule has 0 unspecified atom stereocenters. The predicted molar refractivity (Wildman–Crippen MR) is 113 cm³/mol. The van der Waals surface area contributed by atoms with Crippen LogP contribution in [0.25, 0.3) is 10.9 Å². The van der Waals surface area contributed by atoms with E-state index in [-0.39, 0.29) is 0 Å². The van der Waals surface area contributed by atoms with Gasteiger partial charge in [-0.25, -0.2) is 0 Å². The van der Waals surface area contributed by atoms with Crippen LogP contribution < -0.4 is 14.7 Å². The fraction of sp³-hybridized carbons (Fsp3) is 0.391. The molecule has 1 fully saturated rings. The Morgan fingerprint density at radius 3 is 2.26 bits per heavy atom. The first-order valence-corrected chi connectivity index (χ1v) is 10.0. The molecular formula is C23H32N4+2. The molecule has 1 saturated heterocycles. The number of quaternary nitrogens is 2. The summed E-state index contributed by atoms with van der Waals surface area (Å²) < 4.78 is 0. The van der Waals surface area contributed by atoms with Gasteiger partial charge in [0.1, 0.15) is 32.2 Å². The number of aryl methyl sites for hydroxylation is 1. The lowest BCUT2D eigenvalue weighted by Gasteiger charge is -2.34. The summed E-state index contributed by atoms with van der Waals surface area (Å²) in [7, 11) is 6.52. The number of aromatic nitrogens is 1. The molecule has 1 aliphatic heterocycles. The topological polar surface area (TPSA) is 27.9 Å². The number of benzene rings is 2. The van der Waals surface area contributed by atoms with E-state index in [0.29, 0.717) is 6.04 Å². The Hall–Kier alpha value is -2.30. The van der Waals surface area contributed by atoms with Crippen molar-refractivity contribution in [2.24, 2.45) is 0 Å². The second-order valence-electron chi connectivity index (χ2n) is 8.24. The summed E-state index contributed by atoms with van der Waals surface area (Å²) in [5, 5.41) is 1.37. The summed E-state index contributed by atoms with van der Waals surface area (Å²) in [6, 6.07) is 18.3. The van der Waals surface area contributed by atoms with E-state index in [1.807, 2.05) is 0 Å². The first kappa shape index (κ1) is 18.1. The third-order valence-electron chi connectivity index (χ3n) is 6.13. The van der Waals surface area contributed by atoms with Crippen molar-refractivity contribution in [3.8, 4) is 0 Å². The van der Waals surface area contributed by atoms with Crippen molar-refractivity contribution in [2.45, 2.75) is 13.0 Å². The van der Waals surface area contributed by atoms with Gasteiger partial charge in [0.15, 0.2) is 0 Å². The van der Waals surface area contributed by atoms with Crippen LogP contribution in [0.2, 0.25) is 0 Å². The highest BCUT2D eigenvalue weighted by Gasteiger charge is 2.33. The minimum Gasteiger partial charge on any atom is -0.378 e. The zero-order valence-corrected chi connectivity index (χ0v) is 17.0. The Balaban J connectivity index is 1.81. The molecule has 3 aromatic rings. The number of rotatable bonds is 4. The molecule has 0 radical (unpaired) electrons. The summed E-state index contributed by atoms with van der Waals surface area (Å²) in [5.74, 6) is 0. The number of hydrogen-bond acceptors (Lipinski definition) is 1. The summed E-state index contributed by atoms with van der Waals surface area (Å²) >= 11 is 0. The van der Waals surface area contributed by atoms with Crippen molar-refractivity contribution in [2.75, 3.05) is 52.2 Å². The van der Waals surface area contributed by atoms with Crippen LogP contribution in [0, 0.1) is 6.92 Å². The molecule has 0 bridgehead atoms.